The lowest BCUT2D eigenvalue weighted by molar-refractivity contribution is -0.384. The van der Waals surface area contributed by atoms with E-state index in [2.05, 4.69) is 15.3 Å². The van der Waals surface area contributed by atoms with Gasteiger partial charge in [-0.25, -0.2) is 4.98 Å². The molecule has 8 nitrogen and oxygen atoms in total. The Labute approximate surface area is 177 Å². The average molecular weight is 451 g/mol. The maximum atomic E-state index is 12.5. The van der Waals surface area contributed by atoms with Gasteiger partial charge in [-0.3, -0.25) is 19.7 Å². The van der Waals surface area contributed by atoms with Crippen LogP contribution < -0.4 is 10.9 Å². The molecule has 0 atom stereocenters. The number of amides is 1. The van der Waals surface area contributed by atoms with Crippen molar-refractivity contribution >= 4 is 62.2 Å². The molecule has 0 bridgehead atoms. The van der Waals surface area contributed by atoms with Crippen molar-refractivity contribution in [1.29, 1.82) is 0 Å². The van der Waals surface area contributed by atoms with E-state index in [1.165, 1.54) is 23.1 Å². The molecule has 2 aromatic heterocycles. The van der Waals surface area contributed by atoms with E-state index in [4.69, 9.17) is 11.6 Å². The number of nitrogens with zero attached hydrogens (tertiary/aromatic N) is 2. The van der Waals surface area contributed by atoms with Gasteiger partial charge in [-0.05, 0) is 43.4 Å². The number of carbonyl (C=O) groups is 1. The molecule has 0 radical (unpaired) electrons. The molecule has 1 amide bonds. The summed E-state index contributed by atoms with van der Waals surface area (Å²) in [5, 5.41) is 14.6. The van der Waals surface area contributed by atoms with E-state index in [9.17, 15) is 19.7 Å². The van der Waals surface area contributed by atoms with E-state index < -0.39 is 4.92 Å². The molecule has 0 spiro atoms. The van der Waals surface area contributed by atoms with Crippen LogP contribution in [0.2, 0.25) is 5.02 Å². The Hall–Kier alpha value is -2.43. The predicted molar refractivity (Wildman–Crippen MR) is 114 cm³/mol. The third kappa shape index (κ3) is 4.14. The van der Waals surface area contributed by atoms with E-state index in [-0.39, 0.29) is 33.6 Å². The molecule has 2 N–H and O–H groups in total. The summed E-state index contributed by atoms with van der Waals surface area (Å²) >= 11 is 8.42. The number of rotatable bonds is 5. The van der Waals surface area contributed by atoms with Crippen LogP contribution in [0.25, 0.3) is 10.2 Å². The molecule has 0 unspecified atom stereocenters. The normalized spacial score (nSPS) is 13.3. The Bertz CT molecular complexity index is 1190. The molecular weight excluding hydrogens is 436 g/mol. The van der Waals surface area contributed by atoms with Gasteiger partial charge in [-0.1, -0.05) is 23.4 Å². The zero-order valence-corrected chi connectivity index (χ0v) is 17.4. The first kappa shape index (κ1) is 19.9. The average Bonchev–Trinajstić information content (AvgIpc) is 3.06. The minimum Gasteiger partial charge on any atom is -0.325 e. The van der Waals surface area contributed by atoms with E-state index in [0.717, 1.165) is 43.0 Å². The van der Waals surface area contributed by atoms with Gasteiger partial charge in [0.15, 0.2) is 5.16 Å². The molecule has 29 heavy (non-hydrogen) atoms. The summed E-state index contributed by atoms with van der Waals surface area (Å²) in [4.78, 5) is 44.3. The molecular formula is C18H15ClN4O4S2. The second-order valence-electron chi connectivity index (χ2n) is 6.52. The molecule has 1 aromatic carbocycles. The summed E-state index contributed by atoms with van der Waals surface area (Å²) < 4.78 is 0. The first-order valence-corrected chi connectivity index (χ1v) is 11.0. The third-order valence-electron chi connectivity index (χ3n) is 4.57. The van der Waals surface area contributed by atoms with Gasteiger partial charge in [-0.2, -0.15) is 0 Å². The first-order chi connectivity index (χ1) is 13.9. The highest BCUT2D eigenvalue weighted by atomic mass is 35.5. The van der Waals surface area contributed by atoms with E-state index >= 15 is 0 Å². The summed E-state index contributed by atoms with van der Waals surface area (Å²) in [5.74, 6) is -0.379. The monoisotopic (exact) mass is 450 g/mol. The quantitative estimate of drug-likeness (QED) is 0.261. The number of carbonyl (C=O) groups excluding carboxylic acids is 1. The van der Waals surface area contributed by atoms with Crippen LogP contribution in [0.1, 0.15) is 23.3 Å². The third-order valence-corrected chi connectivity index (χ3v) is 6.95. The second-order valence-corrected chi connectivity index (χ2v) is 8.98. The molecule has 0 aliphatic heterocycles. The second kappa shape index (κ2) is 8.13. The van der Waals surface area contributed by atoms with Crippen molar-refractivity contribution in [2.45, 2.75) is 30.8 Å². The fraction of sp³-hybridized carbons (Fsp3) is 0.278. The minimum absolute atomic E-state index is 0.00361. The molecule has 150 valence electrons. The van der Waals surface area contributed by atoms with Crippen LogP contribution in [0.5, 0.6) is 0 Å². The summed E-state index contributed by atoms with van der Waals surface area (Å²) in [7, 11) is 0. The smallest absolute Gasteiger partial charge is 0.289 e. The Morgan fingerprint density at radius 1 is 1.38 bits per heavy atom. The van der Waals surface area contributed by atoms with Gasteiger partial charge in [-0.15, -0.1) is 11.3 Å². The minimum atomic E-state index is -0.614. The summed E-state index contributed by atoms with van der Waals surface area (Å²) in [6.45, 7) is 0. The molecule has 3 aromatic rings. The number of hydrogen-bond acceptors (Lipinski definition) is 7. The van der Waals surface area contributed by atoms with Crippen molar-refractivity contribution in [2.24, 2.45) is 0 Å². The van der Waals surface area contributed by atoms with Crippen LogP contribution in [0.4, 0.5) is 11.4 Å². The van der Waals surface area contributed by atoms with E-state index in [1.54, 1.807) is 11.3 Å². The molecule has 4 rings (SSSR count). The van der Waals surface area contributed by atoms with Gasteiger partial charge in [0, 0.05) is 16.6 Å². The largest absolute Gasteiger partial charge is 0.325 e. The van der Waals surface area contributed by atoms with Crippen LogP contribution >= 0.6 is 34.7 Å². The Morgan fingerprint density at radius 3 is 2.97 bits per heavy atom. The van der Waals surface area contributed by atoms with Gasteiger partial charge in [0.25, 0.3) is 11.2 Å². The zero-order chi connectivity index (χ0) is 20.5. The Morgan fingerprint density at radius 2 is 2.17 bits per heavy atom. The van der Waals surface area contributed by atoms with Gasteiger partial charge in [0.1, 0.15) is 9.85 Å². The fourth-order valence-electron chi connectivity index (χ4n) is 3.27. The van der Waals surface area contributed by atoms with Gasteiger partial charge in [0.2, 0.25) is 5.91 Å². The van der Waals surface area contributed by atoms with Crippen molar-refractivity contribution in [2.75, 3.05) is 11.1 Å². The number of aromatic nitrogens is 2. The lowest BCUT2D eigenvalue weighted by atomic mass is 9.97. The van der Waals surface area contributed by atoms with Crippen LogP contribution in [0.3, 0.4) is 0 Å². The van der Waals surface area contributed by atoms with Crippen molar-refractivity contribution < 1.29 is 9.72 Å². The number of fused-ring (bicyclic) bond motifs is 3. The van der Waals surface area contributed by atoms with Gasteiger partial charge in [0.05, 0.1) is 16.1 Å². The molecule has 2 heterocycles. The maximum Gasteiger partial charge on any atom is 0.289 e. The van der Waals surface area contributed by atoms with Crippen molar-refractivity contribution in [3.05, 3.63) is 54.1 Å². The molecule has 1 aliphatic carbocycles. The number of H-pyrrole nitrogens is 1. The van der Waals surface area contributed by atoms with E-state index in [1.807, 2.05) is 0 Å². The number of benzene rings is 1. The van der Waals surface area contributed by atoms with Gasteiger partial charge < -0.3 is 10.3 Å². The highest BCUT2D eigenvalue weighted by Crippen LogP contribution is 2.34. The molecule has 1 aliphatic rings. The van der Waals surface area contributed by atoms with Crippen LogP contribution in [0.15, 0.2) is 28.2 Å². The highest BCUT2D eigenvalue weighted by molar-refractivity contribution is 7.99. The zero-order valence-electron chi connectivity index (χ0n) is 15.0. The number of anilines is 1. The molecule has 0 saturated carbocycles. The SMILES string of the molecule is O=C(CSc1nc2sc3c(c2c(=O)[nH]1)CCCC3)Nc1ccc(Cl)c([N+](=O)[O-])c1. The lowest BCUT2D eigenvalue weighted by Gasteiger charge is -2.09. The summed E-state index contributed by atoms with van der Waals surface area (Å²) in [6.07, 6.45) is 4.09. The number of nitro benzene ring substituents is 1. The number of hydrogen-bond donors (Lipinski definition) is 2. The Balaban J connectivity index is 1.47. The standard InChI is InChI=1S/C18H15ClN4O4S2/c19-11-6-5-9(7-12(11)23(26)27)20-14(24)8-28-18-21-16(25)15-10-3-1-2-4-13(10)29-17(15)22-18/h5-7H,1-4,8H2,(H,20,24)(H,21,22,25). The number of aromatic amines is 1. The number of thioether (sulfide) groups is 1. The van der Waals surface area contributed by atoms with Crippen LogP contribution in [0, 0.1) is 10.1 Å². The fourth-order valence-corrected chi connectivity index (χ4v) is 5.44. The van der Waals surface area contributed by atoms with Crippen molar-refractivity contribution in [3.8, 4) is 0 Å². The summed E-state index contributed by atoms with van der Waals surface area (Å²) in [5.41, 5.74) is 0.930. The number of nitro groups is 1. The van der Waals surface area contributed by atoms with Crippen molar-refractivity contribution in [1.82, 2.24) is 9.97 Å². The topological polar surface area (TPSA) is 118 Å². The maximum absolute atomic E-state index is 12.5. The van der Waals surface area contributed by atoms with Crippen LogP contribution in [-0.4, -0.2) is 26.6 Å². The molecule has 0 saturated heterocycles. The number of thiophene rings is 1. The van der Waals surface area contributed by atoms with E-state index in [0.29, 0.717) is 15.4 Å². The summed E-state index contributed by atoms with van der Waals surface area (Å²) in [6, 6.07) is 4.04. The lowest BCUT2D eigenvalue weighted by Crippen LogP contribution is -2.16. The molecule has 11 heteroatoms. The van der Waals surface area contributed by atoms with Gasteiger partial charge >= 0.3 is 0 Å². The van der Waals surface area contributed by atoms with Crippen LogP contribution in [-0.2, 0) is 17.6 Å². The molecule has 0 fully saturated rings. The van der Waals surface area contributed by atoms with Crippen molar-refractivity contribution in [3.63, 3.8) is 0 Å². The predicted octanol–water partition coefficient (Wildman–Crippen LogP) is 4.16. The number of halogens is 1. The highest BCUT2D eigenvalue weighted by Gasteiger charge is 2.20. The number of nitrogens with one attached hydrogen (secondary N) is 2. The Kier molecular flexibility index (Phi) is 5.57. The first-order valence-electron chi connectivity index (χ1n) is 8.83. The number of aryl methyl sites for hydroxylation is 2.